The third kappa shape index (κ3) is 5.20. The second-order valence-electron chi connectivity index (χ2n) is 9.21. The molecule has 5 rings (SSSR count). The minimum absolute atomic E-state index is 0.750. The minimum atomic E-state index is 0.750. The van der Waals surface area contributed by atoms with Crippen LogP contribution in [0.4, 0.5) is 0 Å². The Morgan fingerprint density at radius 1 is 0.903 bits per heavy atom. The molecule has 1 aromatic heterocycles. The molecule has 2 aliphatic heterocycles. The van der Waals surface area contributed by atoms with Gasteiger partial charge in [-0.25, -0.2) is 0 Å². The number of allylic oxidation sites excluding steroid dienone is 2. The summed E-state index contributed by atoms with van der Waals surface area (Å²) < 4.78 is 0. The molecule has 3 heterocycles. The van der Waals surface area contributed by atoms with Crippen LogP contribution >= 0.6 is 11.6 Å². The van der Waals surface area contributed by atoms with Crippen molar-refractivity contribution in [2.45, 2.75) is 38.3 Å². The second kappa shape index (κ2) is 9.83. The number of hydrogen-bond donors (Lipinski definition) is 0. The molecule has 0 radical (unpaired) electrons. The summed E-state index contributed by atoms with van der Waals surface area (Å²) in [5.41, 5.74) is 3.87. The molecule has 0 atom stereocenters. The van der Waals surface area contributed by atoms with Crippen molar-refractivity contribution >= 4 is 22.5 Å². The lowest BCUT2D eigenvalue weighted by molar-refractivity contribution is 0.0608. The fraction of sp³-hybridized carbons (Fsp3) is 0.500. The number of piperazine rings is 1. The van der Waals surface area contributed by atoms with Crippen LogP contribution in [-0.4, -0.2) is 71.5 Å². The highest BCUT2D eigenvalue weighted by molar-refractivity contribution is 6.31. The normalized spacial score (nSPS) is 22.2. The molecule has 2 aromatic rings. The van der Waals surface area contributed by atoms with Gasteiger partial charge in [0.05, 0.1) is 5.52 Å². The van der Waals surface area contributed by atoms with Crippen molar-refractivity contribution in [2.75, 3.05) is 45.8 Å². The van der Waals surface area contributed by atoms with Crippen LogP contribution in [0.5, 0.6) is 0 Å². The standard InChI is InChI=1S/C26H33ClN4/c27-23-6-7-25-22(8-11-28-26(25)18-23)20-29-12-9-24(10-13-29)31-16-14-30(15-17-31)19-21-4-2-1-3-5-21/h2,4-8,11,18,24H,1,3,9-10,12-17,19-20H2. The summed E-state index contributed by atoms with van der Waals surface area (Å²) in [5.74, 6) is 0. The molecule has 0 spiro atoms. The fourth-order valence-electron chi connectivity index (χ4n) is 5.33. The van der Waals surface area contributed by atoms with Crippen LogP contribution in [0, 0.1) is 0 Å². The van der Waals surface area contributed by atoms with Gasteiger partial charge in [0.2, 0.25) is 0 Å². The van der Waals surface area contributed by atoms with Gasteiger partial charge in [-0.1, -0.05) is 35.9 Å². The Morgan fingerprint density at radius 3 is 2.48 bits per heavy atom. The van der Waals surface area contributed by atoms with E-state index in [1.807, 2.05) is 18.3 Å². The van der Waals surface area contributed by atoms with Crippen molar-refractivity contribution in [1.82, 2.24) is 19.7 Å². The predicted molar refractivity (Wildman–Crippen MR) is 130 cm³/mol. The molecule has 1 aliphatic carbocycles. The molecule has 4 nitrogen and oxygen atoms in total. The first kappa shape index (κ1) is 21.1. The molecule has 0 N–H and O–H groups in total. The third-order valence-electron chi connectivity index (χ3n) is 7.15. The zero-order valence-electron chi connectivity index (χ0n) is 18.3. The highest BCUT2D eigenvalue weighted by atomic mass is 35.5. The molecule has 0 saturated carbocycles. The van der Waals surface area contributed by atoms with Gasteiger partial charge in [-0.05, 0) is 68.1 Å². The van der Waals surface area contributed by atoms with Crippen molar-refractivity contribution in [3.8, 4) is 0 Å². The monoisotopic (exact) mass is 436 g/mol. The molecule has 0 unspecified atom stereocenters. The van der Waals surface area contributed by atoms with Gasteiger partial charge in [0.15, 0.2) is 0 Å². The van der Waals surface area contributed by atoms with Crippen molar-refractivity contribution in [1.29, 1.82) is 0 Å². The smallest absolute Gasteiger partial charge is 0.0720 e. The van der Waals surface area contributed by atoms with Crippen LogP contribution in [0.15, 0.2) is 54.3 Å². The van der Waals surface area contributed by atoms with E-state index in [0.717, 1.165) is 29.7 Å². The van der Waals surface area contributed by atoms with Crippen LogP contribution in [0.2, 0.25) is 5.02 Å². The Bertz CT molecular complexity index is 953. The predicted octanol–water partition coefficient (Wildman–Crippen LogP) is 4.75. The van der Waals surface area contributed by atoms with Gasteiger partial charge in [0.25, 0.3) is 0 Å². The van der Waals surface area contributed by atoms with E-state index in [2.05, 4.69) is 50.0 Å². The molecule has 0 amide bonds. The summed E-state index contributed by atoms with van der Waals surface area (Å²) in [4.78, 5) is 12.5. The highest BCUT2D eigenvalue weighted by Crippen LogP contribution is 2.25. The first-order chi connectivity index (χ1) is 15.2. The summed E-state index contributed by atoms with van der Waals surface area (Å²) in [6.07, 6.45) is 14.0. The first-order valence-electron chi connectivity index (χ1n) is 11.8. The summed E-state index contributed by atoms with van der Waals surface area (Å²) >= 11 is 6.15. The van der Waals surface area contributed by atoms with Gasteiger partial charge in [0, 0.05) is 61.9 Å². The lowest BCUT2D eigenvalue weighted by Gasteiger charge is -2.43. The van der Waals surface area contributed by atoms with Crippen LogP contribution in [-0.2, 0) is 6.54 Å². The summed E-state index contributed by atoms with van der Waals surface area (Å²) in [5, 5.41) is 1.98. The van der Waals surface area contributed by atoms with E-state index < -0.39 is 0 Å². The minimum Gasteiger partial charge on any atom is -0.299 e. The van der Waals surface area contributed by atoms with Crippen LogP contribution < -0.4 is 0 Å². The zero-order chi connectivity index (χ0) is 21.0. The Morgan fingerprint density at radius 2 is 1.71 bits per heavy atom. The maximum Gasteiger partial charge on any atom is 0.0720 e. The third-order valence-corrected chi connectivity index (χ3v) is 7.38. The van der Waals surface area contributed by atoms with Gasteiger partial charge in [0.1, 0.15) is 0 Å². The zero-order valence-corrected chi connectivity index (χ0v) is 19.1. The van der Waals surface area contributed by atoms with Crippen molar-refractivity contribution < 1.29 is 0 Å². The quantitative estimate of drug-likeness (QED) is 0.674. The van der Waals surface area contributed by atoms with E-state index in [4.69, 9.17) is 11.6 Å². The molecule has 31 heavy (non-hydrogen) atoms. The molecular formula is C26H33ClN4. The van der Waals surface area contributed by atoms with Crippen LogP contribution in [0.1, 0.15) is 31.2 Å². The molecule has 3 aliphatic rings. The number of halogens is 1. The molecular weight excluding hydrogens is 404 g/mol. The average Bonchev–Trinajstić information content (AvgIpc) is 2.81. The van der Waals surface area contributed by atoms with E-state index in [-0.39, 0.29) is 0 Å². The number of likely N-dealkylation sites (tertiary alicyclic amines) is 1. The van der Waals surface area contributed by atoms with E-state index in [0.29, 0.717) is 0 Å². The highest BCUT2D eigenvalue weighted by Gasteiger charge is 2.27. The molecule has 2 fully saturated rings. The number of nitrogens with zero attached hydrogens (tertiary/aromatic N) is 4. The van der Waals surface area contributed by atoms with Gasteiger partial charge in [-0.3, -0.25) is 19.7 Å². The number of aromatic nitrogens is 1. The number of piperidine rings is 1. The number of benzene rings is 1. The Balaban J connectivity index is 1.11. The van der Waals surface area contributed by atoms with E-state index in [9.17, 15) is 0 Å². The van der Waals surface area contributed by atoms with Gasteiger partial charge in [-0.2, -0.15) is 0 Å². The largest absolute Gasteiger partial charge is 0.299 e. The number of fused-ring (bicyclic) bond motifs is 1. The van der Waals surface area contributed by atoms with E-state index in [1.54, 1.807) is 0 Å². The maximum absolute atomic E-state index is 6.15. The van der Waals surface area contributed by atoms with Crippen molar-refractivity contribution in [2.24, 2.45) is 0 Å². The van der Waals surface area contributed by atoms with Crippen LogP contribution in [0.3, 0.4) is 0 Å². The van der Waals surface area contributed by atoms with Gasteiger partial charge >= 0.3 is 0 Å². The lowest BCUT2D eigenvalue weighted by atomic mass is 10.0. The van der Waals surface area contributed by atoms with Crippen molar-refractivity contribution in [3.63, 3.8) is 0 Å². The Kier molecular flexibility index (Phi) is 6.70. The number of rotatable bonds is 5. The van der Waals surface area contributed by atoms with E-state index in [1.165, 1.54) is 81.5 Å². The lowest BCUT2D eigenvalue weighted by Crippen LogP contribution is -2.53. The molecule has 0 bridgehead atoms. The number of pyridine rings is 1. The molecule has 164 valence electrons. The fourth-order valence-corrected chi connectivity index (χ4v) is 5.50. The first-order valence-corrected chi connectivity index (χ1v) is 12.2. The second-order valence-corrected chi connectivity index (χ2v) is 9.65. The van der Waals surface area contributed by atoms with Gasteiger partial charge < -0.3 is 0 Å². The summed E-state index contributed by atoms with van der Waals surface area (Å²) in [6, 6.07) is 8.97. The topological polar surface area (TPSA) is 22.6 Å². The molecule has 1 aromatic carbocycles. The Hall–Kier alpha value is -1.72. The Labute approximate surface area is 191 Å². The molecule has 5 heteroatoms. The van der Waals surface area contributed by atoms with Gasteiger partial charge in [-0.15, -0.1) is 0 Å². The molecule has 2 saturated heterocycles. The SMILES string of the molecule is Clc1ccc2c(CN3CCC(N4CCN(CC5=CCCC=C5)CC4)CC3)ccnc2c1. The maximum atomic E-state index is 6.15. The number of hydrogen-bond acceptors (Lipinski definition) is 4. The summed E-state index contributed by atoms with van der Waals surface area (Å²) in [6.45, 7) is 9.35. The van der Waals surface area contributed by atoms with E-state index >= 15 is 0 Å². The summed E-state index contributed by atoms with van der Waals surface area (Å²) in [7, 11) is 0. The van der Waals surface area contributed by atoms with Crippen molar-refractivity contribution in [3.05, 3.63) is 64.8 Å². The average molecular weight is 437 g/mol. The van der Waals surface area contributed by atoms with Crippen LogP contribution in [0.25, 0.3) is 10.9 Å².